The van der Waals surface area contributed by atoms with Crippen LogP contribution >= 0.6 is 0 Å². The average Bonchev–Trinajstić information content (AvgIpc) is 3.02. The zero-order chi connectivity index (χ0) is 15.0. The molecule has 1 aromatic heterocycles. The molecule has 0 saturated heterocycles. The molecule has 0 bridgehead atoms. The van der Waals surface area contributed by atoms with Gasteiger partial charge in [0.25, 0.3) is 0 Å². The predicted molar refractivity (Wildman–Crippen MR) is 84.4 cm³/mol. The van der Waals surface area contributed by atoms with Gasteiger partial charge < -0.3 is 16.5 Å². The van der Waals surface area contributed by atoms with Gasteiger partial charge in [0.1, 0.15) is 5.84 Å². The Labute approximate surface area is 122 Å². The number of benzene rings is 1. The third-order valence-corrected chi connectivity index (χ3v) is 3.75. The molecule has 0 fully saturated rings. The second kappa shape index (κ2) is 5.05. The number of aliphatic imine (C=N–C) groups is 1. The van der Waals surface area contributed by atoms with Crippen molar-refractivity contribution >= 4 is 23.3 Å². The van der Waals surface area contributed by atoms with Crippen LogP contribution in [0.15, 0.2) is 23.2 Å². The molecule has 0 radical (unpaired) electrons. The van der Waals surface area contributed by atoms with Gasteiger partial charge in [-0.25, -0.2) is 9.98 Å². The molecule has 6 nitrogen and oxygen atoms in total. The molecule has 1 aromatic carbocycles. The van der Waals surface area contributed by atoms with Gasteiger partial charge in [-0.2, -0.15) is 0 Å². The Morgan fingerprint density at radius 1 is 1.43 bits per heavy atom. The van der Waals surface area contributed by atoms with Gasteiger partial charge in [0.05, 0.1) is 11.4 Å². The molecule has 21 heavy (non-hydrogen) atoms. The molecule has 3 rings (SSSR count). The molecule has 0 spiro atoms. The number of fused-ring (bicyclic) bond motifs is 1. The maximum atomic E-state index is 7.66. The number of aryl methyl sites for hydroxylation is 1. The highest BCUT2D eigenvalue weighted by Crippen LogP contribution is 2.28. The topological polar surface area (TPSA) is 117 Å². The smallest absolute Gasteiger partial charge is 0.199 e. The Balaban J connectivity index is 2.07. The summed E-state index contributed by atoms with van der Waals surface area (Å²) in [6, 6.07) is 5.83. The number of imidazole rings is 1. The van der Waals surface area contributed by atoms with Crippen LogP contribution in [0.1, 0.15) is 35.7 Å². The molecule has 1 aliphatic rings. The first-order valence-corrected chi connectivity index (χ1v) is 6.98. The number of amidine groups is 1. The van der Waals surface area contributed by atoms with Crippen LogP contribution in [0.4, 0.5) is 11.8 Å². The van der Waals surface area contributed by atoms with Crippen LogP contribution in [0, 0.1) is 5.41 Å². The standard InChI is InChI=1S/C15H18N6/c1-2-11-14(21-15(18)20-11)19-12-7-6-8-9(12)4-3-5-10(8)13(16)17/h3-5H,2,6-7H2,1H3,(H3,16,17)(H3,18,20,21). The van der Waals surface area contributed by atoms with Crippen molar-refractivity contribution in [1.29, 1.82) is 5.41 Å². The fourth-order valence-corrected chi connectivity index (χ4v) is 2.77. The van der Waals surface area contributed by atoms with Gasteiger partial charge in [-0.1, -0.05) is 25.1 Å². The number of nitrogens with two attached hydrogens (primary N) is 2. The van der Waals surface area contributed by atoms with Gasteiger partial charge in [0, 0.05) is 5.56 Å². The summed E-state index contributed by atoms with van der Waals surface area (Å²) in [4.78, 5) is 11.9. The van der Waals surface area contributed by atoms with E-state index in [0.29, 0.717) is 5.95 Å². The van der Waals surface area contributed by atoms with Crippen molar-refractivity contribution in [1.82, 2.24) is 9.97 Å². The number of anilines is 1. The zero-order valence-corrected chi connectivity index (χ0v) is 11.9. The number of nitrogens with zero attached hydrogens (tertiary/aromatic N) is 2. The molecule has 0 amide bonds. The summed E-state index contributed by atoms with van der Waals surface area (Å²) in [7, 11) is 0. The summed E-state index contributed by atoms with van der Waals surface area (Å²) < 4.78 is 0. The molecular formula is C15H18N6. The fourth-order valence-electron chi connectivity index (χ4n) is 2.77. The number of nitrogen functional groups attached to an aromatic ring is 2. The van der Waals surface area contributed by atoms with E-state index in [-0.39, 0.29) is 5.84 Å². The van der Waals surface area contributed by atoms with Gasteiger partial charge in [-0.3, -0.25) is 5.41 Å². The third kappa shape index (κ3) is 2.29. The number of hydrogen-bond donors (Lipinski definition) is 4. The Hall–Kier alpha value is -2.63. The highest BCUT2D eigenvalue weighted by molar-refractivity contribution is 6.09. The van der Waals surface area contributed by atoms with Crippen LogP contribution in [-0.2, 0) is 12.8 Å². The Morgan fingerprint density at radius 2 is 2.24 bits per heavy atom. The first kappa shape index (κ1) is 13.4. The van der Waals surface area contributed by atoms with Gasteiger partial charge in [-0.05, 0) is 30.4 Å². The van der Waals surface area contributed by atoms with Crippen LogP contribution in [0.25, 0.3) is 0 Å². The number of hydrogen-bond acceptors (Lipinski definition) is 4. The predicted octanol–water partition coefficient (Wildman–Crippen LogP) is 1.91. The number of aromatic nitrogens is 2. The van der Waals surface area contributed by atoms with Crippen LogP contribution in [-0.4, -0.2) is 21.5 Å². The molecule has 6 N–H and O–H groups in total. The molecule has 0 aliphatic heterocycles. The van der Waals surface area contributed by atoms with Crippen molar-refractivity contribution in [3.05, 3.63) is 40.6 Å². The monoisotopic (exact) mass is 282 g/mol. The lowest BCUT2D eigenvalue weighted by molar-refractivity contribution is 1.06. The molecule has 0 atom stereocenters. The number of nitrogens with one attached hydrogen (secondary N) is 2. The van der Waals surface area contributed by atoms with Crippen LogP contribution in [0.3, 0.4) is 0 Å². The van der Waals surface area contributed by atoms with Crippen molar-refractivity contribution in [3.63, 3.8) is 0 Å². The summed E-state index contributed by atoms with van der Waals surface area (Å²) in [6.45, 7) is 2.02. The maximum absolute atomic E-state index is 7.66. The van der Waals surface area contributed by atoms with Gasteiger partial charge in [0.15, 0.2) is 11.8 Å². The minimum atomic E-state index is 0.105. The van der Waals surface area contributed by atoms with Crippen molar-refractivity contribution in [2.24, 2.45) is 10.7 Å². The SMILES string of the molecule is CCc1nc(N)[nH]c1N=C1CCc2c(C(=N)N)cccc21. The summed E-state index contributed by atoms with van der Waals surface area (Å²) in [6.07, 6.45) is 2.47. The summed E-state index contributed by atoms with van der Waals surface area (Å²) >= 11 is 0. The summed E-state index contributed by atoms with van der Waals surface area (Å²) in [5, 5.41) is 7.66. The lowest BCUT2D eigenvalue weighted by Gasteiger charge is -2.06. The van der Waals surface area contributed by atoms with Gasteiger partial charge in [0.2, 0.25) is 0 Å². The van der Waals surface area contributed by atoms with E-state index in [9.17, 15) is 0 Å². The van der Waals surface area contributed by atoms with Crippen LogP contribution in [0.2, 0.25) is 0 Å². The quantitative estimate of drug-likeness (QED) is 0.508. The Kier molecular flexibility index (Phi) is 3.21. The van der Waals surface area contributed by atoms with E-state index < -0.39 is 0 Å². The Morgan fingerprint density at radius 3 is 2.95 bits per heavy atom. The van der Waals surface area contributed by atoms with E-state index in [2.05, 4.69) is 9.97 Å². The summed E-state index contributed by atoms with van der Waals surface area (Å²) in [5.74, 6) is 1.22. The number of H-pyrrole nitrogens is 1. The van der Waals surface area contributed by atoms with Gasteiger partial charge in [-0.15, -0.1) is 0 Å². The van der Waals surface area contributed by atoms with Crippen molar-refractivity contribution in [2.45, 2.75) is 26.2 Å². The molecular weight excluding hydrogens is 264 g/mol. The largest absolute Gasteiger partial charge is 0.384 e. The van der Waals surface area contributed by atoms with Crippen molar-refractivity contribution in [2.75, 3.05) is 5.73 Å². The van der Waals surface area contributed by atoms with Crippen molar-refractivity contribution < 1.29 is 0 Å². The summed E-state index contributed by atoms with van der Waals surface area (Å²) in [5.41, 5.74) is 16.2. The van der Waals surface area contributed by atoms with E-state index in [1.807, 2.05) is 25.1 Å². The highest BCUT2D eigenvalue weighted by Gasteiger charge is 2.22. The molecule has 1 aliphatic carbocycles. The molecule has 2 aromatic rings. The van der Waals surface area contributed by atoms with E-state index in [1.165, 1.54) is 0 Å². The molecule has 1 heterocycles. The van der Waals surface area contributed by atoms with E-state index in [1.54, 1.807) is 0 Å². The molecule has 0 saturated carbocycles. The van der Waals surface area contributed by atoms with Crippen molar-refractivity contribution in [3.8, 4) is 0 Å². The van der Waals surface area contributed by atoms with Gasteiger partial charge >= 0.3 is 0 Å². The molecule has 6 heteroatoms. The van der Waals surface area contributed by atoms with E-state index >= 15 is 0 Å². The molecule has 0 unspecified atom stereocenters. The van der Waals surface area contributed by atoms with E-state index in [0.717, 1.165) is 53.2 Å². The minimum absolute atomic E-state index is 0.105. The zero-order valence-electron chi connectivity index (χ0n) is 11.9. The lowest BCUT2D eigenvalue weighted by atomic mass is 10.0. The first-order chi connectivity index (χ1) is 10.1. The first-order valence-electron chi connectivity index (χ1n) is 6.98. The number of aromatic amines is 1. The molecule has 108 valence electrons. The second-order valence-electron chi connectivity index (χ2n) is 5.07. The Bertz CT molecular complexity index is 741. The van der Waals surface area contributed by atoms with E-state index in [4.69, 9.17) is 21.9 Å². The average molecular weight is 282 g/mol. The van der Waals surface area contributed by atoms with Crippen LogP contribution in [0.5, 0.6) is 0 Å². The highest BCUT2D eigenvalue weighted by atomic mass is 15.1. The van der Waals surface area contributed by atoms with Crippen LogP contribution < -0.4 is 11.5 Å². The maximum Gasteiger partial charge on any atom is 0.199 e. The number of rotatable bonds is 3. The fraction of sp³-hybridized carbons (Fsp3) is 0.267. The normalized spacial score (nSPS) is 15.4. The lowest BCUT2D eigenvalue weighted by Crippen LogP contribution is -2.13. The second-order valence-corrected chi connectivity index (χ2v) is 5.07. The minimum Gasteiger partial charge on any atom is -0.384 e. The third-order valence-electron chi connectivity index (χ3n) is 3.75.